The highest BCUT2D eigenvalue weighted by Gasteiger charge is 2.42. The molecule has 0 unspecified atom stereocenters. The number of rotatable bonds is 8. The summed E-state index contributed by atoms with van der Waals surface area (Å²) in [6.07, 6.45) is 1.77. The van der Waals surface area contributed by atoms with E-state index in [-0.39, 0.29) is 30.2 Å². The molecule has 4 aromatic rings. The largest absolute Gasteiger partial charge is 0.478 e. The van der Waals surface area contributed by atoms with Crippen LogP contribution in [0.25, 0.3) is 5.69 Å². The quantitative estimate of drug-likeness (QED) is 0.247. The summed E-state index contributed by atoms with van der Waals surface area (Å²) < 4.78 is 7.06. The number of carboxylic acids is 1. The number of carbonyl (C=O) groups excluding carboxylic acids is 1. The van der Waals surface area contributed by atoms with E-state index >= 15 is 0 Å². The van der Waals surface area contributed by atoms with Crippen molar-refractivity contribution in [1.29, 1.82) is 0 Å². The highest BCUT2D eigenvalue weighted by atomic mass is 32.1. The number of carboxylic acid groups (broad SMARTS) is 1. The van der Waals surface area contributed by atoms with Crippen molar-refractivity contribution >= 4 is 40.6 Å². The van der Waals surface area contributed by atoms with Crippen molar-refractivity contribution in [3.8, 4) is 5.69 Å². The van der Waals surface area contributed by atoms with Gasteiger partial charge in [0, 0.05) is 41.8 Å². The number of aryl methyl sites for hydroxylation is 2. The summed E-state index contributed by atoms with van der Waals surface area (Å²) in [6.45, 7) is 6.01. The molecule has 3 heterocycles. The Balaban J connectivity index is 1.59. The third-order valence-corrected chi connectivity index (χ3v) is 7.61. The van der Waals surface area contributed by atoms with Crippen molar-refractivity contribution in [2.75, 3.05) is 23.9 Å². The molecular weight excluding hydrogens is 538 g/mol. The molecule has 1 fully saturated rings. The van der Waals surface area contributed by atoms with Crippen LogP contribution in [0.5, 0.6) is 0 Å². The third kappa shape index (κ3) is 5.44. The van der Waals surface area contributed by atoms with E-state index in [2.05, 4.69) is 38.1 Å². The van der Waals surface area contributed by atoms with Crippen LogP contribution in [-0.4, -0.2) is 45.4 Å². The van der Waals surface area contributed by atoms with Gasteiger partial charge in [0.05, 0.1) is 23.3 Å². The van der Waals surface area contributed by atoms with Gasteiger partial charge in [-0.3, -0.25) is 9.78 Å². The molecule has 3 N–H and O–H groups in total. The average molecular weight is 570 g/mol. The van der Waals surface area contributed by atoms with Gasteiger partial charge in [0.1, 0.15) is 6.61 Å². The molecule has 2 aromatic heterocycles. The molecule has 1 saturated heterocycles. The number of anilines is 2. The molecule has 5 rings (SSSR count). The molecule has 2 atom stereocenters. The van der Waals surface area contributed by atoms with E-state index in [1.807, 2.05) is 62.4 Å². The Labute approximate surface area is 243 Å². The topological polar surface area (TPSA) is 109 Å². The van der Waals surface area contributed by atoms with Crippen LogP contribution in [0.1, 0.15) is 50.7 Å². The summed E-state index contributed by atoms with van der Waals surface area (Å²) in [7, 11) is 1.48. The minimum absolute atomic E-state index is 0.0240. The molecule has 0 bridgehead atoms. The van der Waals surface area contributed by atoms with Crippen LogP contribution in [0.15, 0.2) is 72.9 Å². The second-order valence-electron chi connectivity index (χ2n) is 9.99. The Morgan fingerprint density at radius 3 is 2.41 bits per heavy atom. The normalized spacial score (nSPS) is 16.5. The standard InChI is InChI=1S/C31H31N5O4S/c1-18-15-23(12-13-25(18)33-27(37)17-40-4)36-29(28(34-31(36)41)26-7-5-6-14-32-26)24-16-19(2)35(20(24)3)22-10-8-21(9-11-22)30(38)39/h5-16,28-29H,17H2,1-4H3,(H,33,37)(H,34,41)(H,38,39)/t28-,29-/m1/s1. The van der Waals surface area contributed by atoms with Crippen LogP contribution in [0.2, 0.25) is 0 Å². The van der Waals surface area contributed by atoms with Crippen molar-refractivity contribution in [3.63, 3.8) is 0 Å². The molecule has 0 saturated carbocycles. The smallest absolute Gasteiger partial charge is 0.335 e. The zero-order valence-electron chi connectivity index (χ0n) is 23.2. The van der Waals surface area contributed by atoms with Crippen LogP contribution in [-0.2, 0) is 9.53 Å². The Hall–Kier alpha value is -4.54. The Morgan fingerprint density at radius 1 is 1.05 bits per heavy atom. The summed E-state index contributed by atoms with van der Waals surface area (Å²) >= 11 is 5.91. The molecule has 10 heteroatoms. The summed E-state index contributed by atoms with van der Waals surface area (Å²) in [4.78, 5) is 30.3. The molecule has 210 valence electrons. The van der Waals surface area contributed by atoms with E-state index in [9.17, 15) is 14.7 Å². The van der Waals surface area contributed by atoms with Gasteiger partial charge < -0.3 is 29.9 Å². The van der Waals surface area contributed by atoms with Gasteiger partial charge in [0.25, 0.3) is 0 Å². The number of nitrogens with zero attached hydrogens (tertiary/aromatic N) is 3. The highest BCUT2D eigenvalue weighted by Crippen LogP contribution is 2.44. The summed E-state index contributed by atoms with van der Waals surface area (Å²) in [5.74, 6) is -1.18. The minimum atomic E-state index is -0.961. The van der Waals surface area contributed by atoms with Gasteiger partial charge >= 0.3 is 5.97 Å². The van der Waals surface area contributed by atoms with Crippen LogP contribution < -0.4 is 15.5 Å². The summed E-state index contributed by atoms with van der Waals surface area (Å²) in [5, 5.41) is 16.3. The Kier molecular flexibility index (Phi) is 7.87. The zero-order chi connectivity index (χ0) is 29.3. The lowest BCUT2D eigenvalue weighted by atomic mass is 9.96. The summed E-state index contributed by atoms with van der Waals surface area (Å²) in [6, 6.07) is 20.2. The van der Waals surface area contributed by atoms with E-state index in [1.165, 1.54) is 7.11 Å². The number of hydrogen-bond donors (Lipinski definition) is 3. The molecule has 1 amide bonds. The van der Waals surface area contributed by atoms with Gasteiger partial charge in [-0.15, -0.1) is 0 Å². The molecule has 0 aliphatic carbocycles. The average Bonchev–Trinajstić information content (AvgIpc) is 3.45. The van der Waals surface area contributed by atoms with E-state index in [1.54, 1.807) is 18.3 Å². The van der Waals surface area contributed by atoms with Crippen molar-refractivity contribution in [2.45, 2.75) is 32.9 Å². The van der Waals surface area contributed by atoms with Crippen LogP contribution in [0.4, 0.5) is 11.4 Å². The maximum atomic E-state index is 12.1. The molecular formula is C31H31N5O4S. The lowest BCUT2D eigenvalue weighted by Crippen LogP contribution is -2.29. The SMILES string of the molecule is COCC(=O)Nc1ccc(N2C(=S)N[C@H](c3ccccn3)[C@H]2c2cc(C)n(-c3ccc(C(=O)O)cc3)c2C)cc1C. The first-order chi connectivity index (χ1) is 19.7. The molecule has 0 spiro atoms. The van der Waals surface area contributed by atoms with Crippen LogP contribution in [0.3, 0.4) is 0 Å². The van der Waals surface area contributed by atoms with Crippen LogP contribution >= 0.6 is 12.2 Å². The molecule has 2 aromatic carbocycles. The molecule has 9 nitrogen and oxygen atoms in total. The first-order valence-corrected chi connectivity index (χ1v) is 13.5. The predicted octanol–water partition coefficient (Wildman–Crippen LogP) is 5.26. The lowest BCUT2D eigenvalue weighted by molar-refractivity contribution is -0.119. The second-order valence-corrected chi connectivity index (χ2v) is 10.4. The number of nitrogens with one attached hydrogen (secondary N) is 2. The van der Waals surface area contributed by atoms with Gasteiger partial charge in [0.2, 0.25) is 5.91 Å². The number of pyridine rings is 1. The van der Waals surface area contributed by atoms with Gasteiger partial charge in [-0.2, -0.15) is 0 Å². The monoisotopic (exact) mass is 569 g/mol. The number of aromatic carboxylic acids is 1. The van der Waals surface area contributed by atoms with Crippen molar-refractivity contribution in [2.24, 2.45) is 0 Å². The number of amides is 1. The minimum Gasteiger partial charge on any atom is -0.478 e. The predicted molar refractivity (Wildman–Crippen MR) is 162 cm³/mol. The first kappa shape index (κ1) is 28.0. The van der Waals surface area contributed by atoms with Crippen LogP contribution in [0, 0.1) is 20.8 Å². The van der Waals surface area contributed by atoms with Gasteiger partial charge in [0.15, 0.2) is 5.11 Å². The maximum Gasteiger partial charge on any atom is 0.335 e. The number of benzene rings is 2. The number of ether oxygens (including phenoxy) is 1. The van der Waals surface area contributed by atoms with Crippen molar-refractivity contribution in [1.82, 2.24) is 14.9 Å². The van der Waals surface area contributed by atoms with E-state index in [4.69, 9.17) is 17.0 Å². The zero-order valence-corrected chi connectivity index (χ0v) is 24.0. The third-order valence-electron chi connectivity index (χ3n) is 7.30. The van der Waals surface area contributed by atoms with E-state index in [0.717, 1.165) is 39.6 Å². The molecule has 1 aliphatic rings. The van der Waals surface area contributed by atoms with Gasteiger partial charge in [-0.05, 0) is 105 Å². The number of hydrogen-bond acceptors (Lipinski definition) is 5. The van der Waals surface area contributed by atoms with Gasteiger partial charge in [-0.1, -0.05) is 6.07 Å². The number of aromatic nitrogens is 2. The van der Waals surface area contributed by atoms with E-state index < -0.39 is 5.97 Å². The Morgan fingerprint density at radius 2 is 1.78 bits per heavy atom. The van der Waals surface area contributed by atoms with Crippen molar-refractivity contribution in [3.05, 3.63) is 107 Å². The number of carbonyl (C=O) groups is 2. The van der Waals surface area contributed by atoms with Crippen molar-refractivity contribution < 1.29 is 19.4 Å². The number of methoxy groups -OCH3 is 1. The molecule has 1 aliphatic heterocycles. The fourth-order valence-corrected chi connectivity index (χ4v) is 5.79. The number of thiocarbonyl (C=S) groups is 1. The molecule has 41 heavy (non-hydrogen) atoms. The highest BCUT2D eigenvalue weighted by molar-refractivity contribution is 7.80. The fraction of sp³-hybridized carbons (Fsp3) is 0.226. The first-order valence-electron chi connectivity index (χ1n) is 13.1. The fourth-order valence-electron chi connectivity index (χ4n) is 5.44. The maximum absolute atomic E-state index is 12.1. The van der Waals surface area contributed by atoms with E-state index in [0.29, 0.717) is 10.8 Å². The lowest BCUT2D eigenvalue weighted by Gasteiger charge is -2.29. The Bertz CT molecular complexity index is 1620. The molecule has 0 radical (unpaired) electrons. The summed E-state index contributed by atoms with van der Waals surface area (Å²) in [5.41, 5.74) is 7.51. The van der Waals surface area contributed by atoms with Gasteiger partial charge in [-0.25, -0.2) is 4.79 Å². The second kappa shape index (κ2) is 11.5.